The Morgan fingerprint density at radius 1 is 1.20 bits per heavy atom. The maximum Gasteiger partial charge on any atom is 0.342 e. The van der Waals surface area contributed by atoms with Crippen LogP contribution in [0.5, 0.6) is 5.88 Å². The minimum absolute atomic E-state index is 0.137. The molecule has 0 saturated heterocycles. The molecule has 0 radical (unpaired) electrons. The number of hydrogen-bond acceptors (Lipinski definition) is 5. The van der Waals surface area contributed by atoms with Gasteiger partial charge in [0.05, 0.1) is 24.4 Å². The van der Waals surface area contributed by atoms with Crippen molar-refractivity contribution in [2.75, 3.05) is 18.6 Å². The number of esters is 1. The molecule has 0 aliphatic carbocycles. The predicted octanol–water partition coefficient (Wildman–Crippen LogP) is 4.31. The molecular weight excluding hydrogens is 420 g/mol. The molecule has 7 heteroatoms. The van der Waals surface area contributed by atoms with Gasteiger partial charge in [0.2, 0.25) is 0 Å². The molecule has 0 saturated carbocycles. The Labute approximate surface area is 184 Å². The van der Waals surface area contributed by atoms with E-state index in [2.05, 4.69) is 0 Å². The minimum Gasteiger partial charge on any atom is -0.841 e. The summed E-state index contributed by atoms with van der Waals surface area (Å²) in [6.45, 7) is 3.91. The lowest BCUT2D eigenvalue weighted by atomic mass is 9.95. The maximum absolute atomic E-state index is 13.6. The fourth-order valence-electron chi connectivity index (χ4n) is 3.69. The van der Waals surface area contributed by atoms with Gasteiger partial charge in [-0.1, -0.05) is 54.1 Å². The van der Waals surface area contributed by atoms with Crippen LogP contribution in [-0.2, 0) is 9.53 Å². The number of fused-ring (bicyclic) bond motifs is 1. The zero-order valence-corrected chi connectivity index (χ0v) is 18.5. The van der Waals surface area contributed by atoms with Crippen molar-refractivity contribution < 1.29 is 19.2 Å². The highest BCUT2D eigenvalue weighted by Gasteiger charge is 2.43. The van der Waals surface area contributed by atoms with Crippen molar-refractivity contribution >= 4 is 34.0 Å². The van der Waals surface area contributed by atoms with E-state index in [1.54, 1.807) is 23.6 Å². The smallest absolute Gasteiger partial charge is 0.342 e. The molecule has 0 fully saturated rings. The van der Waals surface area contributed by atoms with Gasteiger partial charge >= 0.3 is 11.1 Å². The van der Waals surface area contributed by atoms with E-state index in [-0.39, 0.29) is 12.5 Å². The van der Waals surface area contributed by atoms with Crippen molar-refractivity contribution in [3.05, 3.63) is 76.5 Å². The van der Waals surface area contributed by atoms with Crippen LogP contribution in [0.15, 0.2) is 65.9 Å². The van der Waals surface area contributed by atoms with Gasteiger partial charge in [-0.25, -0.2) is 14.3 Å². The third-order valence-electron chi connectivity index (χ3n) is 5.24. The van der Waals surface area contributed by atoms with E-state index in [9.17, 15) is 9.90 Å². The number of allylic oxidation sites excluding steroid dienone is 1. The Morgan fingerprint density at radius 3 is 2.50 bits per heavy atom. The Morgan fingerprint density at radius 2 is 1.87 bits per heavy atom. The van der Waals surface area contributed by atoms with E-state index < -0.39 is 12.0 Å². The Hall–Kier alpha value is -2.83. The van der Waals surface area contributed by atoms with Crippen molar-refractivity contribution in [3.8, 4) is 16.3 Å². The van der Waals surface area contributed by atoms with Crippen LogP contribution in [-0.4, -0.2) is 19.6 Å². The number of thiazole rings is 1. The molecular formula is C23H21ClN2O3S. The van der Waals surface area contributed by atoms with Crippen LogP contribution in [0.25, 0.3) is 10.4 Å². The number of aromatic nitrogens is 1. The number of anilines is 1. The lowest BCUT2D eigenvalue weighted by Crippen LogP contribution is -2.51. The van der Waals surface area contributed by atoms with Crippen LogP contribution in [0.4, 0.5) is 5.13 Å². The molecule has 1 aliphatic heterocycles. The van der Waals surface area contributed by atoms with Crippen molar-refractivity contribution in [2.45, 2.75) is 19.9 Å². The molecule has 0 bridgehead atoms. The minimum atomic E-state index is -0.589. The normalized spacial score (nSPS) is 15.9. The van der Waals surface area contributed by atoms with Gasteiger partial charge in [-0.2, -0.15) is 0 Å². The first-order valence-corrected chi connectivity index (χ1v) is 10.8. The maximum atomic E-state index is 13.6. The second-order valence-electron chi connectivity index (χ2n) is 6.99. The average molecular weight is 441 g/mol. The number of hydrogen-bond donors (Lipinski definition) is 0. The summed E-state index contributed by atoms with van der Waals surface area (Å²) in [5, 5.41) is 14.9. The number of rotatable bonds is 4. The van der Waals surface area contributed by atoms with Crippen LogP contribution >= 0.6 is 22.9 Å². The molecule has 0 spiro atoms. The van der Waals surface area contributed by atoms with E-state index in [1.165, 1.54) is 11.3 Å². The highest BCUT2D eigenvalue weighted by Crippen LogP contribution is 2.43. The van der Waals surface area contributed by atoms with Crippen LogP contribution in [0.3, 0.4) is 0 Å². The third-order valence-corrected chi connectivity index (χ3v) is 6.76. The highest BCUT2D eigenvalue weighted by atomic mass is 35.5. The SMILES string of the molecule is CCOC(=O)C1=C(C)N(C)c2sc(-c3ccccc3)c([O-])[n+]2C1c1ccc(Cl)cc1. The summed E-state index contributed by atoms with van der Waals surface area (Å²) in [6, 6.07) is 16.2. The van der Waals surface area contributed by atoms with Gasteiger partial charge in [-0.3, -0.25) is 0 Å². The number of benzene rings is 2. The van der Waals surface area contributed by atoms with Gasteiger partial charge in [0, 0.05) is 10.6 Å². The topological polar surface area (TPSA) is 56.5 Å². The fraction of sp³-hybridized carbons (Fsp3) is 0.217. The molecule has 0 amide bonds. The standard InChI is InChI=1S/C23H21ClN2O3S/c1-4-29-22(28)18-14(2)25(3)23-26(19(18)15-10-12-17(24)13-11-15)21(27)20(30-23)16-8-6-5-7-9-16/h5-13,19H,4H2,1-3H3. The summed E-state index contributed by atoms with van der Waals surface area (Å²) in [5.41, 5.74) is 2.87. The largest absolute Gasteiger partial charge is 0.841 e. The Kier molecular flexibility index (Phi) is 5.54. The monoisotopic (exact) mass is 440 g/mol. The summed E-state index contributed by atoms with van der Waals surface area (Å²) in [5.74, 6) is -0.561. The molecule has 154 valence electrons. The fourth-order valence-corrected chi connectivity index (χ4v) is 5.00. The molecule has 1 atom stereocenters. The zero-order chi connectivity index (χ0) is 21.4. The zero-order valence-electron chi connectivity index (χ0n) is 16.9. The van der Waals surface area contributed by atoms with Crippen LogP contribution < -0.4 is 14.6 Å². The Bertz CT molecular complexity index is 1120. The van der Waals surface area contributed by atoms with E-state index in [0.717, 1.165) is 22.0 Å². The third kappa shape index (κ3) is 3.36. The van der Waals surface area contributed by atoms with Gasteiger partial charge in [0.25, 0.3) is 0 Å². The summed E-state index contributed by atoms with van der Waals surface area (Å²) < 4.78 is 7.05. The molecule has 4 rings (SSSR count). The average Bonchev–Trinajstić information content (AvgIpc) is 3.09. The lowest BCUT2D eigenvalue weighted by molar-refractivity contribution is -0.728. The second kappa shape index (κ2) is 8.13. The van der Waals surface area contributed by atoms with Crippen LogP contribution in [0.1, 0.15) is 25.5 Å². The van der Waals surface area contributed by atoms with E-state index in [4.69, 9.17) is 16.3 Å². The first kappa shape index (κ1) is 20.4. The summed E-state index contributed by atoms with van der Waals surface area (Å²) in [7, 11) is 1.86. The summed E-state index contributed by atoms with van der Waals surface area (Å²) in [4.78, 5) is 15.5. The molecule has 1 aromatic heterocycles. The quantitative estimate of drug-likeness (QED) is 0.448. The van der Waals surface area contributed by atoms with Crippen molar-refractivity contribution in [3.63, 3.8) is 0 Å². The predicted molar refractivity (Wildman–Crippen MR) is 117 cm³/mol. The molecule has 2 heterocycles. The van der Waals surface area contributed by atoms with Crippen molar-refractivity contribution in [2.24, 2.45) is 0 Å². The van der Waals surface area contributed by atoms with Gasteiger partial charge in [0.1, 0.15) is 11.3 Å². The Balaban J connectivity index is 1.97. The van der Waals surface area contributed by atoms with E-state index in [1.807, 2.05) is 61.3 Å². The molecule has 1 unspecified atom stereocenters. The van der Waals surface area contributed by atoms with Gasteiger partial charge in [0.15, 0.2) is 6.04 Å². The van der Waals surface area contributed by atoms with E-state index in [0.29, 0.717) is 15.5 Å². The highest BCUT2D eigenvalue weighted by molar-refractivity contribution is 7.18. The van der Waals surface area contributed by atoms with Crippen molar-refractivity contribution in [1.82, 2.24) is 0 Å². The number of halogens is 1. The molecule has 1 aliphatic rings. The second-order valence-corrected chi connectivity index (χ2v) is 8.40. The van der Waals surface area contributed by atoms with Gasteiger partial charge in [-0.05, 0) is 42.9 Å². The number of carbonyl (C=O) groups is 1. The van der Waals surface area contributed by atoms with Crippen LogP contribution in [0.2, 0.25) is 5.02 Å². The summed E-state index contributed by atoms with van der Waals surface area (Å²) in [6.07, 6.45) is 0. The molecule has 30 heavy (non-hydrogen) atoms. The molecule has 5 nitrogen and oxygen atoms in total. The molecule has 3 aromatic rings. The van der Waals surface area contributed by atoms with E-state index >= 15 is 0 Å². The molecule has 0 N–H and O–H groups in total. The number of carbonyl (C=O) groups excluding carboxylic acids is 1. The first-order valence-electron chi connectivity index (χ1n) is 9.61. The number of ether oxygens (including phenoxy) is 1. The van der Waals surface area contributed by atoms with Gasteiger partial charge < -0.3 is 9.84 Å². The van der Waals surface area contributed by atoms with Crippen molar-refractivity contribution in [1.29, 1.82) is 0 Å². The number of nitrogens with zero attached hydrogens (tertiary/aromatic N) is 2. The first-order chi connectivity index (χ1) is 14.4. The van der Waals surface area contributed by atoms with Crippen LogP contribution in [0, 0.1) is 0 Å². The van der Waals surface area contributed by atoms with Gasteiger partial charge in [-0.15, -0.1) is 0 Å². The lowest BCUT2D eigenvalue weighted by Gasteiger charge is -2.29. The molecule has 2 aromatic carbocycles. The summed E-state index contributed by atoms with van der Waals surface area (Å²) >= 11 is 7.51.